The van der Waals surface area contributed by atoms with Crippen molar-refractivity contribution in [1.29, 1.82) is 0 Å². The Morgan fingerprint density at radius 2 is 1.95 bits per heavy atom. The summed E-state index contributed by atoms with van der Waals surface area (Å²) in [5, 5.41) is 3.37. The molecule has 0 atom stereocenters. The first-order chi connectivity index (χ1) is 9.86. The number of hydrogen-bond donors (Lipinski definition) is 1. The van der Waals surface area contributed by atoms with Gasteiger partial charge in [0.15, 0.2) is 0 Å². The fourth-order valence-corrected chi connectivity index (χ4v) is 1.82. The van der Waals surface area contributed by atoms with Gasteiger partial charge in [0.2, 0.25) is 0 Å². The Morgan fingerprint density at radius 3 is 2.75 bits per heavy atom. The summed E-state index contributed by atoms with van der Waals surface area (Å²) < 4.78 is 16.1. The number of methoxy groups -OCH3 is 1. The molecular weight excluding hydrogens is 254 g/mol. The Balaban J connectivity index is 1.94. The van der Waals surface area contributed by atoms with E-state index in [1.807, 2.05) is 31.2 Å². The fraction of sp³-hybridized carbons (Fsp3) is 0.625. The average Bonchev–Trinajstić information content (AvgIpc) is 2.49. The standard InChI is InChI=1S/C16H27NO3/c1-3-19-11-5-4-9-17-10-12-20-14-15-7-6-8-16(13-15)18-2/h6-8,13,17H,3-5,9-12,14H2,1-2H3. The van der Waals surface area contributed by atoms with Crippen molar-refractivity contribution in [1.82, 2.24) is 5.32 Å². The Labute approximate surface area is 122 Å². The molecule has 4 nitrogen and oxygen atoms in total. The number of rotatable bonds is 12. The van der Waals surface area contributed by atoms with Crippen molar-refractivity contribution in [2.24, 2.45) is 0 Å². The van der Waals surface area contributed by atoms with Crippen LogP contribution in [0.25, 0.3) is 0 Å². The van der Waals surface area contributed by atoms with Crippen molar-refractivity contribution in [3.05, 3.63) is 29.8 Å². The number of ether oxygens (including phenoxy) is 3. The summed E-state index contributed by atoms with van der Waals surface area (Å²) in [4.78, 5) is 0. The molecule has 0 bridgehead atoms. The third-order valence-electron chi connectivity index (χ3n) is 2.92. The molecule has 4 heteroatoms. The Hall–Kier alpha value is -1.10. The molecule has 0 aliphatic rings. The van der Waals surface area contributed by atoms with Crippen LogP contribution in [0.5, 0.6) is 5.75 Å². The Morgan fingerprint density at radius 1 is 1.05 bits per heavy atom. The van der Waals surface area contributed by atoms with Crippen LogP contribution in [0.15, 0.2) is 24.3 Å². The van der Waals surface area contributed by atoms with E-state index in [4.69, 9.17) is 14.2 Å². The van der Waals surface area contributed by atoms with Crippen LogP contribution < -0.4 is 10.1 Å². The first-order valence-corrected chi connectivity index (χ1v) is 7.36. The molecule has 0 saturated carbocycles. The summed E-state index contributed by atoms with van der Waals surface area (Å²) >= 11 is 0. The van der Waals surface area contributed by atoms with Gasteiger partial charge in [0.25, 0.3) is 0 Å². The summed E-state index contributed by atoms with van der Waals surface area (Å²) in [5.74, 6) is 0.874. The second kappa shape index (κ2) is 11.7. The van der Waals surface area contributed by atoms with Gasteiger partial charge in [0, 0.05) is 19.8 Å². The van der Waals surface area contributed by atoms with Crippen LogP contribution in [-0.2, 0) is 16.1 Å². The third-order valence-corrected chi connectivity index (χ3v) is 2.92. The van der Waals surface area contributed by atoms with Gasteiger partial charge in [-0.2, -0.15) is 0 Å². The van der Waals surface area contributed by atoms with E-state index < -0.39 is 0 Å². The normalized spacial score (nSPS) is 10.7. The van der Waals surface area contributed by atoms with Gasteiger partial charge >= 0.3 is 0 Å². The van der Waals surface area contributed by atoms with Gasteiger partial charge in [-0.05, 0) is 44.0 Å². The summed E-state index contributed by atoms with van der Waals surface area (Å²) in [7, 11) is 1.68. The number of hydrogen-bond acceptors (Lipinski definition) is 4. The van der Waals surface area contributed by atoms with Gasteiger partial charge in [-0.15, -0.1) is 0 Å². The number of nitrogens with one attached hydrogen (secondary N) is 1. The van der Waals surface area contributed by atoms with Crippen LogP contribution in [0.3, 0.4) is 0 Å². The lowest BCUT2D eigenvalue weighted by Crippen LogP contribution is -2.21. The van der Waals surface area contributed by atoms with Crippen LogP contribution in [0, 0.1) is 0 Å². The highest BCUT2D eigenvalue weighted by Crippen LogP contribution is 2.12. The van der Waals surface area contributed by atoms with Crippen molar-refractivity contribution < 1.29 is 14.2 Å². The van der Waals surface area contributed by atoms with Crippen LogP contribution in [0.4, 0.5) is 0 Å². The van der Waals surface area contributed by atoms with Crippen LogP contribution in [0.1, 0.15) is 25.3 Å². The molecule has 20 heavy (non-hydrogen) atoms. The largest absolute Gasteiger partial charge is 0.497 e. The quantitative estimate of drug-likeness (QED) is 0.598. The first kappa shape index (κ1) is 17.0. The maximum Gasteiger partial charge on any atom is 0.119 e. The van der Waals surface area contributed by atoms with E-state index in [2.05, 4.69) is 5.32 Å². The molecular formula is C16H27NO3. The van der Waals surface area contributed by atoms with Gasteiger partial charge in [-0.3, -0.25) is 0 Å². The minimum absolute atomic E-state index is 0.628. The van der Waals surface area contributed by atoms with Crippen LogP contribution in [-0.4, -0.2) is 40.0 Å². The van der Waals surface area contributed by atoms with Gasteiger partial charge in [-0.25, -0.2) is 0 Å². The maximum absolute atomic E-state index is 5.62. The molecule has 0 spiro atoms. The van der Waals surface area contributed by atoms with Crippen molar-refractivity contribution in [2.75, 3.05) is 40.0 Å². The third kappa shape index (κ3) is 8.15. The molecule has 0 aliphatic heterocycles. The van der Waals surface area contributed by atoms with Crippen molar-refractivity contribution in [3.63, 3.8) is 0 Å². The molecule has 0 saturated heterocycles. The predicted octanol–water partition coefficient (Wildman–Crippen LogP) is 2.62. The SMILES string of the molecule is CCOCCCCNCCOCc1cccc(OC)c1. The molecule has 0 fully saturated rings. The van der Waals surface area contributed by atoms with E-state index in [9.17, 15) is 0 Å². The van der Waals surface area contributed by atoms with Gasteiger partial charge in [0.05, 0.1) is 20.3 Å². The molecule has 0 unspecified atom stereocenters. The second-order valence-corrected chi connectivity index (χ2v) is 4.56. The molecule has 1 aromatic rings. The van der Waals surface area contributed by atoms with Crippen molar-refractivity contribution in [2.45, 2.75) is 26.4 Å². The lowest BCUT2D eigenvalue weighted by molar-refractivity contribution is 0.121. The zero-order valence-electron chi connectivity index (χ0n) is 12.7. The smallest absolute Gasteiger partial charge is 0.119 e. The minimum Gasteiger partial charge on any atom is -0.497 e. The summed E-state index contributed by atoms with van der Waals surface area (Å²) in [6.07, 6.45) is 2.27. The first-order valence-electron chi connectivity index (χ1n) is 7.36. The maximum atomic E-state index is 5.62. The Bertz CT molecular complexity index is 344. The highest BCUT2D eigenvalue weighted by atomic mass is 16.5. The second-order valence-electron chi connectivity index (χ2n) is 4.56. The zero-order chi connectivity index (χ0) is 14.5. The highest BCUT2D eigenvalue weighted by molar-refractivity contribution is 5.27. The molecule has 1 N–H and O–H groups in total. The highest BCUT2D eigenvalue weighted by Gasteiger charge is 1.96. The molecule has 114 valence electrons. The monoisotopic (exact) mass is 281 g/mol. The Kier molecular flexibility index (Phi) is 9.92. The topological polar surface area (TPSA) is 39.7 Å². The zero-order valence-corrected chi connectivity index (χ0v) is 12.7. The van der Waals surface area contributed by atoms with E-state index >= 15 is 0 Å². The van der Waals surface area contributed by atoms with E-state index in [1.165, 1.54) is 0 Å². The molecule has 0 amide bonds. The summed E-state index contributed by atoms with van der Waals surface area (Å²) in [6, 6.07) is 7.96. The summed E-state index contributed by atoms with van der Waals surface area (Å²) in [5.41, 5.74) is 1.14. The average molecular weight is 281 g/mol. The van der Waals surface area contributed by atoms with Gasteiger partial charge in [-0.1, -0.05) is 12.1 Å². The molecule has 0 heterocycles. The van der Waals surface area contributed by atoms with Crippen molar-refractivity contribution in [3.8, 4) is 5.75 Å². The van der Waals surface area contributed by atoms with Crippen molar-refractivity contribution >= 4 is 0 Å². The summed E-state index contributed by atoms with van der Waals surface area (Å²) in [6.45, 7) is 6.97. The molecule has 1 rings (SSSR count). The van der Waals surface area contributed by atoms with E-state index in [1.54, 1.807) is 7.11 Å². The predicted molar refractivity (Wildman–Crippen MR) is 81.2 cm³/mol. The van der Waals surface area contributed by atoms with Crippen LogP contribution in [0.2, 0.25) is 0 Å². The minimum atomic E-state index is 0.628. The number of benzene rings is 1. The van der Waals surface area contributed by atoms with E-state index in [-0.39, 0.29) is 0 Å². The molecule has 0 aromatic heterocycles. The molecule has 0 radical (unpaired) electrons. The van der Waals surface area contributed by atoms with Gasteiger partial charge < -0.3 is 19.5 Å². The lowest BCUT2D eigenvalue weighted by Gasteiger charge is -2.07. The van der Waals surface area contributed by atoms with Gasteiger partial charge in [0.1, 0.15) is 5.75 Å². The fourth-order valence-electron chi connectivity index (χ4n) is 1.82. The molecule has 1 aromatic carbocycles. The molecule has 0 aliphatic carbocycles. The number of unbranched alkanes of at least 4 members (excludes halogenated alkanes) is 1. The lowest BCUT2D eigenvalue weighted by atomic mass is 10.2. The van der Waals surface area contributed by atoms with E-state index in [0.717, 1.165) is 57.1 Å². The van der Waals surface area contributed by atoms with Crippen LogP contribution >= 0.6 is 0 Å². The van der Waals surface area contributed by atoms with E-state index in [0.29, 0.717) is 6.61 Å².